The van der Waals surface area contributed by atoms with E-state index in [1.54, 1.807) is 0 Å². The van der Waals surface area contributed by atoms with E-state index in [9.17, 15) is 0 Å². The van der Waals surface area contributed by atoms with Gasteiger partial charge in [0.05, 0.1) is 12.6 Å². The lowest BCUT2D eigenvalue weighted by Crippen LogP contribution is -2.44. The summed E-state index contributed by atoms with van der Waals surface area (Å²) in [6, 6.07) is 8.62. The Morgan fingerprint density at radius 3 is 2.89 bits per heavy atom. The van der Waals surface area contributed by atoms with Crippen molar-refractivity contribution in [3.63, 3.8) is 0 Å². The molecule has 1 aliphatic rings. The summed E-state index contributed by atoms with van der Waals surface area (Å²) in [7, 11) is 0. The molecule has 0 unspecified atom stereocenters. The van der Waals surface area contributed by atoms with Crippen LogP contribution in [0, 0.1) is 0 Å². The minimum atomic E-state index is 0.285. The van der Waals surface area contributed by atoms with Gasteiger partial charge in [0.2, 0.25) is 0 Å². The molecule has 1 heterocycles. The summed E-state index contributed by atoms with van der Waals surface area (Å²) in [5.41, 5.74) is 1.26. The molecule has 1 aliphatic heterocycles. The standard InChI is InChI=1S/C15H22N2O/c1-3-15(17-10-8-16-9-11-17)13-6-5-7-14(12-13)18-4-2/h3,5-7,12,15-16H,1,4,8-11H2,2H3/t15-/m1/s1. The van der Waals surface area contributed by atoms with Gasteiger partial charge in [-0.15, -0.1) is 6.58 Å². The molecule has 3 heteroatoms. The molecule has 1 aromatic rings. The molecule has 1 aromatic carbocycles. The summed E-state index contributed by atoms with van der Waals surface area (Å²) in [5, 5.41) is 3.38. The maximum atomic E-state index is 5.56. The van der Waals surface area contributed by atoms with Crippen molar-refractivity contribution in [2.75, 3.05) is 32.8 Å². The fourth-order valence-corrected chi connectivity index (χ4v) is 2.41. The van der Waals surface area contributed by atoms with Gasteiger partial charge in [0.15, 0.2) is 0 Å². The van der Waals surface area contributed by atoms with Gasteiger partial charge in [-0.05, 0) is 24.6 Å². The summed E-state index contributed by atoms with van der Waals surface area (Å²) >= 11 is 0. The van der Waals surface area contributed by atoms with Crippen LogP contribution in [0.3, 0.4) is 0 Å². The molecule has 0 saturated carbocycles. The lowest BCUT2D eigenvalue weighted by molar-refractivity contribution is 0.203. The molecule has 2 rings (SSSR count). The maximum absolute atomic E-state index is 5.56. The van der Waals surface area contributed by atoms with Crippen molar-refractivity contribution in [1.29, 1.82) is 0 Å². The van der Waals surface area contributed by atoms with Crippen LogP contribution >= 0.6 is 0 Å². The highest BCUT2D eigenvalue weighted by Crippen LogP contribution is 2.25. The fraction of sp³-hybridized carbons (Fsp3) is 0.467. The first-order valence-electron chi connectivity index (χ1n) is 6.65. The molecule has 0 aromatic heterocycles. The summed E-state index contributed by atoms with van der Waals surface area (Å²) in [6.07, 6.45) is 2.02. The SMILES string of the molecule is C=C[C@H](c1cccc(OCC)c1)N1CCNCC1. The van der Waals surface area contributed by atoms with Crippen LogP contribution in [0.4, 0.5) is 0 Å². The van der Waals surface area contributed by atoms with Gasteiger partial charge in [0.1, 0.15) is 5.75 Å². The predicted octanol–water partition coefficient (Wildman–Crippen LogP) is 2.22. The van der Waals surface area contributed by atoms with E-state index >= 15 is 0 Å². The number of nitrogens with one attached hydrogen (secondary N) is 1. The third kappa shape index (κ3) is 3.12. The Labute approximate surface area is 109 Å². The monoisotopic (exact) mass is 246 g/mol. The lowest BCUT2D eigenvalue weighted by atomic mass is 10.0. The average molecular weight is 246 g/mol. The number of piperazine rings is 1. The first-order chi connectivity index (χ1) is 8.85. The fourth-order valence-electron chi connectivity index (χ4n) is 2.41. The van der Waals surface area contributed by atoms with Crippen LogP contribution < -0.4 is 10.1 Å². The van der Waals surface area contributed by atoms with E-state index in [0.717, 1.165) is 31.9 Å². The van der Waals surface area contributed by atoms with Crippen LogP contribution in [-0.4, -0.2) is 37.7 Å². The van der Waals surface area contributed by atoms with Gasteiger partial charge >= 0.3 is 0 Å². The number of nitrogens with zero attached hydrogens (tertiary/aromatic N) is 1. The Morgan fingerprint density at radius 2 is 2.22 bits per heavy atom. The zero-order chi connectivity index (χ0) is 12.8. The average Bonchev–Trinajstić information content (AvgIpc) is 2.42. The van der Waals surface area contributed by atoms with E-state index in [0.29, 0.717) is 6.61 Å². The Morgan fingerprint density at radius 1 is 1.44 bits per heavy atom. The highest BCUT2D eigenvalue weighted by Gasteiger charge is 2.19. The molecule has 0 radical (unpaired) electrons. The van der Waals surface area contributed by atoms with Gasteiger partial charge in [0.25, 0.3) is 0 Å². The van der Waals surface area contributed by atoms with E-state index < -0.39 is 0 Å². The Kier molecular flexibility index (Phi) is 4.79. The summed E-state index contributed by atoms with van der Waals surface area (Å²) in [6.45, 7) is 10.9. The van der Waals surface area contributed by atoms with Gasteiger partial charge in [-0.2, -0.15) is 0 Å². The quantitative estimate of drug-likeness (QED) is 0.806. The second-order valence-corrected chi connectivity index (χ2v) is 4.47. The third-order valence-corrected chi connectivity index (χ3v) is 3.28. The summed E-state index contributed by atoms with van der Waals surface area (Å²) in [4.78, 5) is 2.45. The second kappa shape index (κ2) is 6.57. The van der Waals surface area contributed by atoms with Gasteiger partial charge in [-0.1, -0.05) is 18.2 Å². The van der Waals surface area contributed by atoms with E-state index in [2.05, 4.69) is 35.0 Å². The van der Waals surface area contributed by atoms with Crippen LogP contribution in [0.15, 0.2) is 36.9 Å². The second-order valence-electron chi connectivity index (χ2n) is 4.47. The molecule has 3 nitrogen and oxygen atoms in total. The van der Waals surface area contributed by atoms with Gasteiger partial charge in [-0.3, -0.25) is 4.90 Å². The molecule has 98 valence electrons. The predicted molar refractivity (Wildman–Crippen MR) is 75.0 cm³/mol. The zero-order valence-electron chi connectivity index (χ0n) is 11.1. The highest BCUT2D eigenvalue weighted by molar-refractivity contribution is 5.32. The van der Waals surface area contributed by atoms with Crippen molar-refractivity contribution in [3.05, 3.63) is 42.5 Å². The van der Waals surface area contributed by atoms with Gasteiger partial charge < -0.3 is 10.1 Å². The van der Waals surface area contributed by atoms with Gasteiger partial charge in [0, 0.05) is 26.2 Å². The van der Waals surface area contributed by atoms with E-state index in [1.807, 2.05) is 19.1 Å². The molecule has 0 aliphatic carbocycles. The third-order valence-electron chi connectivity index (χ3n) is 3.28. The first kappa shape index (κ1) is 13.1. The smallest absolute Gasteiger partial charge is 0.119 e. The zero-order valence-corrected chi connectivity index (χ0v) is 11.1. The van der Waals surface area contributed by atoms with Crippen molar-refractivity contribution in [2.24, 2.45) is 0 Å². The van der Waals surface area contributed by atoms with E-state index in [1.165, 1.54) is 5.56 Å². The topological polar surface area (TPSA) is 24.5 Å². The molecule has 1 saturated heterocycles. The Bertz CT molecular complexity index is 386. The van der Waals surface area contributed by atoms with Crippen LogP contribution in [0.25, 0.3) is 0 Å². The van der Waals surface area contributed by atoms with Crippen molar-refractivity contribution in [1.82, 2.24) is 10.2 Å². The minimum absolute atomic E-state index is 0.285. The van der Waals surface area contributed by atoms with Crippen LogP contribution in [0.2, 0.25) is 0 Å². The molecule has 0 spiro atoms. The molecular weight excluding hydrogens is 224 g/mol. The first-order valence-corrected chi connectivity index (χ1v) is 6.65. The molecule has 0 bridgehead atoms. The molecule has 1 N–H and O–H groups in total. The van der Waals surface area contributed by atoms with Crippen LogP contribution in [0.5, 0.6) is 5.75 Å². The Hall–Kier alpha value is -1.32. The number of rotatable bonds is 5. The highest BCUT2D eigenvalue weighted by atomic mass is 16.5. The maximum Gasteiger partial charge on any atom is 0.119 e. The van der Waals surface area contributed by atoms with E-state index in [4.69, 9.17) is 4.74 Å². The Balaban J connectivity index is 2.15. The number of hydrogen-bond acceptors (Lipinski definition) is 3. The minimum Gasteiger partial charge on any atom is -0.494 e. The molecular formula is C15H22N2O. The summed E-state index contributed by atoms with van der Waals surface area (Å²) < 4.78 is 5.56. The number of benzene rings is 1. The largest absolute Gasteiger partial charge is 0.494 e. The van der Waals surface area contributed by atoms with E-state index in [-0.39, 0.29) is 6.04 Å². The molecule has 0 amide bonds. The van der Waals surface area contributed by atoms with Crippen LogP contribution in [0.1, 0.15) is 18.5 Å². The summed E-state index contributed by atoms with van der Waals surface area (Å²) in [5.74, 6) is 0.942. The number of ether oxygens (including phenoxy) is 1. The van der Waals surface area contributed by atoms with Crippen molar-refractivity contribution in [3.8, 4) is 5.75 Å². The molecule has 18 heavy (non-hydrogen) atoms. The number of hydrogen-bond donors (Lipinski definition) is 1. The van der Waals surface area contributed by atoms with Crippen LogP contribution in [-0.2, 0) is 0 Å². The normalized spacial score (nSPS) is 18.3. The van der Waals surface area contributed by atoms with Gasteiger partial charge in [-0.25, -0.2) is 0 Å². The lowest BCUT2D eigenvalue weighted by Gasteiger charge is -2.33. The van der Waals surface area contributed by atoms with Crippen molar-refractivity contribution < 1.29 is 4.74 Å². The van der Waals surface area contributed by atoms with Crippen molar-refractivity contribution in [2.45, 2.75) is 13.0 Å². The molecule has 1 atom stereocenters. The molecule has 1 fully saturated rings. The van der Waals surface area contributed by atoms with Crippen molar-refractivity contribution >= 4 is 0 Å².